The molecule has 4 unspecified atom stereocenters. The third-order valence-corrected chi connectivity index (χ3v) is 7.32. The Bertz CT molecular complexity index is 1100. The third kappa shape index (κ3) is 3.99. The van der Waals surface area contributed by atoms with Crippen LogP contribution in [0.3, 0.4) is 0 Å². The highest BCUT2D eigenvalue weighted by Crippen LogP contribution is 2.51. The van der Waals surface area contributed by atoms with Crippen molar-refractivity contribution in [3.63, 3.8) is 0 Å². The first-order valence-electron chi connectivity index (χ1n) is 12.1. The van der Waals surface area contributed by atoms with Gasteiger partial charge in [0.25, 0.3) is 0 Å². The van der Waals surface area contributed by atoms with Gasteiger partial charge in [0.2, 0.25) is 0 Å². The van der Waals surface area contributed by atoms with Crippen LogP contribution in [-0.2, 0) is 23.9 Å². The summed E-state index contributed by atoms with van der Waals surface area (Å²) in [6, 6.07) is 5.17. The zero-order valence-corrected chi connectivity index (χ0v) is 20.2. The molecule has 0 bridgehead atoms. The number of fused-ring (bicyclic) bond motifs is 3. The number of ketones is 2. The van der Waals surface area contributed by atoms with Gasteiger partial charge in [0, 0.05) is 11.5 Å². The highest BCUT2D eigenvalue weighted by Gasteiger charge is 2.62. The highest BCUT2D eigenvalue weighted by molar-refractivity contribution is 6.10. The first-order valence-corrected chi connectivity index (χ1v) is 12.1. The normalized spacial score (nSPS) is 26.4. The monoisotopic (exact) mass is 464 g/mol. The summed E-state index contributed by atoms with van der Waals surface area (Å²) < 4.78 is 11.5. The van der Waals surface area contributed by atoms with Crippen LogP contribution in [0.5, 0.6) is 5.75 Å². The molecule has 180 valence electrons. The molecule has 0 spiro atoms. The number of benzene rings is 1. The maximum absolute atomic E-state index is 13.4. The van der Waals surface area contributed by atoms with Crippen LogP contribution < -0.4 is 0 Å². The molecule has 0 amide bonds. The lowest BCUT2D eigenvalue weighted by Crippen LogP contribution is -2.47. The first-order chi connectivity index (χ1) is 16.2. The number of carbonyl (C=O) groups excluding carboxylic acids is 3. The number of aromatic hydroxyl groups is 1. The molecule has 4 atom stereocenters. The zero-order chi connectivity index (χ0) is 24.6. The van der Waals surface area contributed by atoms with E-state index in [4.69, 9.17) is 9.47 Å². The number of aryl methyl sites for hydroxylation is 1. The molecule has 6 nitrogen and oxygen atoms in total. The maximum Gasteiger partial charge on any atom is 0.318 e. The standard InChI is InChI=1S/C28H32O6/c1-5-6-7-8-10-17(3)26(31)24-25-19-15-33-21(23-16(2)11-9-12-20(23)29)13-18(19)14-22(30)28(25,4)34-27(24)32/h9,11-15,17,24-25,29H,5-8,10H2,1-4H3. The van der Waals surface area contributed by atoms with Crippen molar-refractivity contribution in [2.75, 3.05) is 0 Å². The Kier molecular flexibility index (Phi) is 6.52. The highest BCUT2D eigenvalue weighted by atomic mass is 16.6. The van der Waals surface area contributed by atoms with Crippen LogP contribution in [0.25, 0.3) is 5.76 Å². The van der Waals surface area contributed by atoms with Crippen molar-refractivity contribution in [3.8, 4) is 5.75 Å². The molecule has 0 aromatic heterocycles. The molecule has 0 saturated carbocycles. The molecule has 3 aliphatic rings. The van der Waals surface area contributed by atoms with Crippen molar-refractivity contribution in [3.05, 3.63) is 58.9 Å². The second-order valence-corrected chi connectivity index (χ2v) is 9.77. The number of carbonyl (C=O) groups is 3. The summed E-state index contributed by atoms with van der Waals surface area (Å²) in [5, 5.41) is 10.4. The Labute approximate surface area is 200 Å². The van der Waals surface area contributed by atoms with Gasteiger partial charge in [-0.2, -0.15) is 0 Å². The lowest BCUT2D eigenvalue weighted by atomic mass is 9.66. The number of rotatable bonds is 8. The molecule has 1 fully saturated rings. The van der Waals surface area contributed by atoms with Gasteiger partial charge in [0.15, 0.2) is 17.2 Å². The Morgan fingerprint density at radius 3 is 2.65 bits per heavy atom. The number of hydrogen-bond acceptors (Lipinski definition) is 6. The second kappa shape index (κ2) is 9.24. The molecule has 1 N–H and O–H groups in total. The Balaban J connectivity index is 1.65. The number of hydrogen-bond donors (Lipinski definition) is 1. The molecule has 0 radical (unpaired) electrons. The fourth-order valence-electron chi connectivity index (χ4n) is 5.30. The Morgan fingerprint density at radius 1 is 1.18 bits per heavy atom. The van der Waals surface area contributed by atoms with Gasteiger partial charge in [-0.3, -0.25) is 14.4 Å². The van der Waals surface area contributed by atoms with E-state index in [9.17, 15) is 19.5 Å². The van der Waals surface area contributed by atoms with Crippen molar-refractivity contribution < 1.29 is 29.0 Å². The fraction of sp³-hybridized carbons (Fsp3) is 0.464. The predicted octanol–water partition coefficient (Wildman–Crippen LogP) is 5.19. The van der Waals surface area contributed by atoms with Gasteiger partial charge in [-0.05, 0) is 49.6 Å². The molecule has 34 heavy (non-hydrogen) atoms. The minimum Gasteiger partial charge on any atom is -0.507 e. The van der Waals surface area contributed by atoms with E-state index < -0.39 is 23.4 Å². The van der Waals surface area contributed by atoms with Crippen molar-refractivity contribution in [2.24, 2.45) is 17.8 Å². The molecule has 1 saturated heterocycles. The number of phenolic OH excluding ortho intramolecular Hbond substituents is 1. The predicted molar refractivity (Wildman–Crippen MR) is 127 cm³/mol. The third-order valence-electron chi connectivity index (χ3n) is 7.32. The zero-order valence-electron chi connectivity index (χ0n) is 20.2. The van der Waals surface area contributed by atoms with Crippen molar-refractivity contribution in [1.29, 1.82) is 0 Å². The van der Waals surface area contributed by atoms with Crippen LogP contribution in [0.2, 0.25) is 0 Å². The molecular weight excluding hydrogens is 432 g/mol. The first kappa shape index (κ1) is 24.0. The molecule has 1 aliphatic carbocycles. The number of phenols is 1. The van der Waals surface area contributed by atoms with E-state index in [0.717, 1.165) is 31.2 Å². The van der Waals surface area contributed by atoms with Gasteiger partial charge >= 0.3 is 5.97 Å². The molecule has 6 heteroatoms. The van der Waals surface area contributed by atoms with Crippen LogP contribution in [0, 0.1) is 24.7 Å². The van der Waals surface area contributed by atoms with Crippen molar-refractivity contribution >= 4 is 23.3 Å². The van der Waals surface area contributed by atoms with E-state index in [0.29, 0.717) is 28.9 Å². The van der Waals surface area contributed by atoms with Gasteiger partial charge in [0.05, 0.1) is 17.7 Å². The summed E-state index contributed by atoms with van der Waals surface area (Å²) in [6.07, 6.45) is 9.53. The van der Waals surface area contributed by atoms with Crippen molar-refractivity contribution in [2.45, 2.75) is 65.4 Å². The quantitative estimate of drug-likeness (QED) is 0.324. The smallest absolute Gasteiger partial charge is 0.318 e. The minimum absolute atomic E-state index is 0.0694. The summed E-state index contributed by atoms with van der Waals surface area (Å²) >= 11 is 0. The SMILES string of the molecule is CCCCCCC(C)C(=O)C1C(=O)OC2(C)C(=O)C=C3C=C(c4c(C)cccc4O)OC=C3C12. The topological polar surface area (TPSA) is 89.9 Å². The second-order valence-electron chi connectivity index (χ2n) is 9.77. The average Bonchev–Trinajstić information content (AvgIpc) is 3.07. The number of unbranched alkanes of at least 4 members (excludes halogenated alkanes) is 3. The largest absolute Gasteiger partial charge is 0.507 e. The molecule has 4 rings (SSSR count). The van der Waals surface area contributed by atoms with E-state index in [2.05, 4.69) is 6.92 Å². The van der Waals surface area contributed by atoms with E-state index in [1.165, 1.54) is 12.3 Å². The van der Waals surface area contributed by atoms with Gasteiger partial charge in [-0.1, -0.05) is 51.7 Å². The molecule has 2 aliphatic heterocycles. The number of Topliss-reactive ketones (excluding diaryl/α,β-unsaturated/α-hetero) is 1. The van der Waals surface area contributed by atoms with Gasteiger partial charge in [-0.25, -0.2) is 0 Å². The fourth-order valence-corrected chi connectivity index (χ4v) is 5.30. The minimum atomic E-state index is -1.44. The molecule has 1 aromatic carbocycles. The summed E-state index contributed by atoms with van der Waals surface area (Å²) in [4.78, 5) is 39.5. The summed E-state index contributed by atoms with van der Waals surface area (Å²) in [7, 11) is 0. The number of allylic oxidation sites excluding steroid dienone is 2. The average molecular weight is 465 g/mol. The van der Waals surface area contributed by atoms with Crippen LogP contribution >= 0.6 is 0 Å². The van der Waals surface area contributed by atoms with Gasteiger partial charge in [-0.15, -0.1) is 0 Å². The van der Waals surface area contributed by atoms with Crippen LogP contribution in [0.15, 0.2) is 47.8 Å². The van der Waals surface area contributed by atoms with Crippen LogP contribution in [0.4, 0.5) is 0 Å². The molecule has 1 aromatic rings. The van der Waals surface area contributed by atoms with Crippen LogP contribution in [0.1, 0.15) is 64.0 Å². The summed E-state index contributed by atoms with van der Waals surface area (Å²) in [6.45, 7) is 7.42. The van der Waals surface area contributed by atoms with Crippen molar-refractivity contribution in [1.82, 2.24) is 0 Å². The lowest BCUT2D eigenvalue weighted by Gasteiger charge is -2.36. The van der Waals surface area contributed by atoms with E-state index in [1.807, 2.05) is 19.9 Å². The lowest BCUT2D eigenvalue weighted by molar-refractivity contribution is -0.156. The van der Waals surface area contributed by atoms with E-state index >= 15 is 0 Å². The van der Waals surface area contributed by atoms with Gasteiger partial charge < -0.3 is 14.6 Å². The summed E-state index contributed by atoms with van der Waals surface area (Å²) in [5.74, 6) is -2.81. The van der Waals surface area contributed by atoms with E-state index in [-0.39, 0.29) is 23.2 Å². The van der Waals surface area contributed by atoms with Gasteiger partial charge in [0.1, 0.15) is 17.4 Å². The summed E-state index contributed by atoms with van der Waals surface area (Å²) in [5.41, 5.74) is 1.09. The Morgan fingerprint density at radius 2 is 1.94 bits per heavy atom. The molecule has 2 heterocycles. The maximum atomic E-state index is 13.4. The van der Waals surface area contributed by atoms with E-state index in [1.54, 1.807) is 25.1 Å². The number of ether oxygens (including phenoxy) is 2. The number of esters is 1. The van der Waals surface area contributed by atoms with Crippen LogP contribution in [-0.4, -0.2) is 28.2 Å². The molecular formula is C28H32O6. The Hall–Kier alpha value is -3.15.